The number of carbonyl (C=O) groups excluding carboxylic acids is 3. The number of esters is 3. The third kappa shape index (κ3) is 77.6. The second-order valence-corrected chi connectivity index (χ2v) is 30.5. The average molecular weight is 1470 g/mol. The molecule has 0 aromatic heterocycles. The summed E-state index contributed by atoms with van der Waals surface area (Å²) >= 11 is 0. The van der Waals surface area contributed by atoms with Crippen LogP contribution < -0.4 is 0 Å². The largest absolute Gasteiger partial charge is 0.472 e. The number of aliphatic hydroxyl groups is 2. The van der Waals surface area contributed by atoms with E-state index in [-0.39, 0.29) is 19.3 Å². The quantitative estimate of drug-likeness (QED) is 0.0146. The molecule has 101 heavy (non-hydrogen) atoms. The van der Waals surface area contributed by atoms with Crippen molar-refractivity contribution in [1.29, 1.82) is 0 Å². The van der Waals surface area contributed by atoms with Crippen LogP contribution in [0.25, 0.3) is 0 Å². The molecule has 5 atom stereocenters. The minimum absolute atomic E-state index is 0.108. The molecule has 0 saturated heterocycles. The first-order chi connectivity index (χ1) is 49.2. The Morgan fingerprint density at radius 2 is 0.525 bits per heavy atom. The van der Waals surface area contributed by atoms with E-state index in [1.807, 2.05) is 0 Å². The molecule has 0 saturated carbocycles. The smallest absolute Gasteiger partial charge is 0.463 e. The SMILES string of the molecule is CC/C=C\C/C=C\C/C=C\C/C=C\C/C=C\CCCCCCCCCCCCCCCCCCCCCC(=O)OCC(O)COP(=O)(O)OCC(O)COP(=O)(O)OCC(COC(=O)CCCCCCC/C=C\C/C=C\CCCCC)OC(=O)CCCCCCCCCCCCCCCCC. The van der Waals surface area contributed by atoms with Crippen LogP contribution in [0.1, 0.15) is 367 Å². The summed E-state index contributed by atoms with van der Waals surface area (Å²) in [5.41, 5.74) is 0. The van der Waals surface area contributed by atoms with E-state index in [1.165, 1.54) is 186 Å². The Labute approximate surface area is 616 Å². The maximum absolute atomic E-state index is 12.9. The zero-order chi connectivity index (χ0) is 73.7. The first kappa shape index (κ1) is 97.7. The van der Waals surface area contributed by atoms with Gasteiger partial charge in [0.1, 0.15) is 25.4 Å². The van der Waals surface area contributed by atoms with Gasteiger partial charge in [0.25, 0.3) is 0 Å². The van der Waals surface area contributed by atoms with E-state index < -0.39 is 91.5 Å². The zero-order valence-electron chi connectivity index (χ0n) is 64.3. The Hall–Kier alpha value is -3.27. The van der Waals surface area contributed by atoms with Crippen LogP contribution in [0, 0.1) is 0 Å². The summed E-state index contributed by atoms with van der Waals surface area (Å²) in [6.45, 7) is 2.58. The highest BCUT2D eigenvalue weighted by Crippen LogP contribution is 2.45. The predicted octanol–water partition coefficient (Wildman–Crippen LogP) is 24.0. The van der Waals surface area contributed by atoms with Crippen molar-refractivity contribution in [3.8, 4) is 0 Å². The Morgan fingerprint density at radius 3 is 0.851 bits per heavy atom. The number of rotatable bonds is 78. The van der Waals surface area contributed by atoms with E-state index in [2.05, 4.69) is 106 Å². The van der Waals surface area contributed by atoms with Crippen LogP contribution in [0.15, 0.2) is 85.1 Å². The average Bonchev–Trinajstić information content (AvgIpc) is 1.74. The third-order valence-corrected chi connectivity index (χ3v) is 19.5. The molecule has 588 valence electrons. The van der Waals surface area contributed by atoms with Crippen LogP contribution in [0.3, 0.4) is 0 Å². The number of ether oxygens (including phenoxy) is 3. The molecular formula is C83H150O16P2. The number of phosphoric acid groups is 2. The number of hydrogen-bond acceptors (Lipinski definition) is 14. The van der Waals surface area contributed by atoms with Crippen molar-refractivity contribution in [3.05, 3.63) is 85.1 Å². The van der Waals surface area contributed by atoms with E-state index in [0.717, 1.165) is 122 Å². The molecule has 4 N–H and O–H groups in total. The minimum Gasteiger partial charge on any atom is -0.463 e. The fourth-order valence-electron chi connectivity index (χ4n) is 11.4. The van der Waals surface area contributed by atoms with Crippen molar-refractivity contribution in [3.63, 3.8) is 0 Å². The number of hydrogen-bond donors (Lipinski definition) is 4. The maximum atomic E-state index is 12.9. The van der Waals surface area contributed by atoms with Crippen molar-refractivity contribution in [2.24, 2.45) is 0 Å². The molecule has 18 heteroatoms. The van der Waals surface area contributed by atoms with E-state index in [0.29, 0.717) is 19.3 Å². The molecule has 0 aromatic rings. The Morgan fingerprint density at radius 1 is 0.287 bits per heavy atom. The van der Waals surface area contributed by atoms with E-state index in [9.17, 15) is 43.5 Å². The third-order valence-electron chi connectivity index (χ3n) is 17.6. The second kappa shape index (κ2) is 76.4. The molecule has 5 unspecified atom stereocenters. The summed E-state index contributed by atoms with van der Waals surface area (Å²) < 4.78 is 61.1. The molecule has 0 rings (SSSR count). The molecule has 0 radical (unpaired) electrons. The van der Waals surface area contributed by atoms with E-state index in [4.69, 9.17) is 32.3 Å². The van der Waals surface area contributed by atoms with Crippen molar-refractivity contribution >= 4 is 33.6 Å². The summed E-state index contributed by atoms with van der Waals surface area (Å²) in [5.74, 6) is -1.57. The lowest BCUT2D eigenvalue weighted by molar-refractivity contribution is -0.161. The number of carbonyl (C=O) groups is 3. The summed E-state index contributed by atoms with van der Waals surface area (Å²) in [7, 11) is -9.77. The molecule has 0 aromatic carbocycles. The van der Waals surface area contributed by atoms with Crippen LogP contribution >= 0.6 is 15.6 Å². The fraction of sp³-hybridized carbons (Fsp3) is 0.795. The van der Waals surface area contributed by atoms with Crippen molar-refractivity contribution in [1.82, 2.24) is 0 Å². The Balaban J connectivity index is 4.33. The highest BCUT2D eigenvalue weighted by Gasteiger charge is 2.29. The van der Waals surface area contributed by atoms with Crippen LogP contribution in [-0.2, 0) is 55.8 Å². The van der Waals surface area contributed by atoms with Gasteiger partial charge in [0, 0.05) is 19.3 Å². The van der Waals surface area contributed by atoms with Crippen molar-refractivity contribution in [2.45, 2.75) is 386 Å². The van der Waals surface area contributed by atoms with Gasteiger partial charge in [0.15, 0.2) is 6.10 Å². The van der Waals surface area contributed by atoms with Gasteiger partial charge in [-0.05, 0) is 96.3 Å². The molecule has 0 aliphatic carbocycles. The molecule has 0 aliphatic heterocycles. The van der Waals surface area contributed by atoms with Crippen LogP contribution in [0.5, 0.6) is 0 Å². The van der Waals surface area contributed by atoms with Gasteiger partial charge in [-0.1, -0.05) is 337 Å². The number of allylic oxidation sites excluding steroid dienone is 14. The summed E-state index contributed by atoms with van der Waals surface area (Å²) in [5, 5.41) is 20.6. The van der Waals surface area contributed by atoms with Gasteiger partial charge in [-0.3, -0.25) is 32.5 Å². The number of unbranched alkanes of at least 4 members (excludes halogenated alkanes) is 41. The monoisotopic (exact) mass is 1470 g/mol. The van der Waals surface area contributed by atoms with Crippen molar-refractivity contribution in [2.75, 3.05) is 39.6 Å². The first-order valence-corrected chi connectivity index (χ1v) is 43.9. The summed E-state index contributed by atoms with van der Waals surface area (Å²) in [6, 6.07) is 0. The Bertz CT molecular complexity index is 2180. The summed E-state index contributed by atoms with van der Waals surface area (Å²) in [6.07, 6.45) is 86.5. The van der Waals surface area contributed by atoms with Gasteiger partial charge in [-0.2, -0.15) is 0 Å². The van der Waals surface area contributed by atoms with Gasteiger partial charge in [-0.25, -0.2) is 9.13 Å². The maximum Gasteiger partial charge on any atom is 0.472 e. The van der Waals surface area contributed by atoms with Crippen LogP contribution in [-0.4, -0.2) is 95.9 Å². The van der Waals surface area contributed by atoms with Crippen molar-refractivity contribution < 1.29 is 75.8 Å². The predicted molar refractivity (Wildman–Crippen MR) is 418 cm³/mol. The number of phosphoric ester groups is 2. The lowest BCUT2D eigenvalue weighted by atomic mass is 10.0. The second-order valence-electron chi connectivity index (χ2n) is 27.6. The molecule has 0 spiro atoms. The molecule has 0 fully saturated rings. The van der Waals surface area contributed by atoms with Crippen LogP contribution in [0.2, 0.25) is 0 Å². The normalized spacial score (nSPS) is 14.4. The lowest BCUT2D eigenvalue weighted by Crippen LogP contribution is -2.30. The van der Waals surface area contributed by atoms with Gasteiger partial charge < -0.3 is 34.2 Å². The van der Waals surface area contributed by atoms with E-state index in [1.54, 1.807) is 0 Å². The zero-order valence-corrected chi connectivity index (χ0v) is 66.1. The standard InChI is InChI=1S/C83H150O16P2/c1-4-7-10-13-16-19-22-25-28-29-30-31-32-33-34-35-36-37-38-39-40-41-42-43-44-45-46-47-50-52-54-57-60-63-66-69-81(86)93-72-78(84)73-95-100(89,90)96-74-79(85)75-97-101(91,92)98-77-80(99-83(88)71-68-65-62-59-56-53-49-27-24-21-18-15-12-9-6-3)76-94-82(87)70-67-64-61-58-55-51-48-26-23-20-17-14-11-8-5-2/h7,10,16-17,19-20,25-26,28,30-31,33-34,48,78-80,84-85H,4-6,8-9,11-15,18,21-24,27,29,32,35-47,49-77H2,1-3H3,(H,89,90)(H,91,92)/b10-7-,19-16-,20-17-,28-25-,31-30-,34-33-,48-26-. The molecule has 0 bridgehead atoms. The van der Waals surface area contributed by atoms with Gasteiger partial charge in [0.2, 0.25) is 0 Å². The topological polar surface area (TPSA) is 231 Å². The molecule has 0 heterocycles. The molecule has 0 amide bonds. The minimum atomic E-state index is -4.92. The highest BCUT2D eigenvalue weighted by atomic mass is 31.2. The molecule has 16 nitrogen and oxygen atoms in total. The molecular weight excluding hydrogens is 1310 g/mol. The van der Waals surface area contributed by atoms with E-state index >= 15 is 0 Å². The highest BCUT2D eigenvalue weighted by molar-refractivity contribution is 7.47. The van der Waals surface area contributed by atoms with Crippen LogP contribution in [0.4, 0.5) is 0 Å². The molecule has 0 aliphatic rings. The lowest BCUT2D eigenvalue weighted by Gasteiger charge is -2.21. The Kier molecular flexibility index (Phi) is 73.9. The fourth-order valence-corrected chi connectivity index (χ4v) is 13.0. The first-order valence-electron chi connectivity index (χ1n) is 40.9. The van der Waals surface area contributed by atoms with Gasteiger partial charge in [-0.15, -0.1) is 0 Å². The summed E-state index contributed by atoms with van der Waals surface area (Å²) in [4.78, 5) is 58.6. The number of aliphatic hydroxyl groups excluding tert-OH is 2. The van der Waals surface area contributed by atoms with Gasteiger partial charge >= 0.3 is 33.6 Å². The van der Waals surface area contributed by atoms with Gasteiger partial charge in [0.05, 0.1) is 26.4 Å².